The Labute approximate surface area is 87.6 Å². The Bertz CT molecular complexity index is 153. The predicted molar refractivity (Wildman–Crippen MR) is 60.0 cm³/mol. The number of carbonyl (C=O) groups is 1. The Kier molecular flexibility index (Phi) is 7.48. The van der Waals surface area contributed by atoms with Crippen LogP contribution in [0.15, 0.2) is 0 Å². The first-order valence-corrected chi connectivity index (χ1v) is 5.63. The lowest BCUT2D eigenvalue weighted by Crippen LogP contribution is -2.36. The van der Waals surface area contributed by atoms with Gasteiger partial charge in [-0.3, -0.25) is 4.79 Å². The number of rotatable bonds is 7. The summed E-state index contributed by atoms with van der Waals surface area (Å²) in [4.78, 5) is 13.6. The van der Waals surface area contributed by atoms with Crippen LogP contribution in [0.2, 0.25) is 0 Å². The summed E-state index contributed by atoms with van der Waals surface area (Å²) in [6.07, 6.45) is 2.73. The number of hydrogen-bond donors (Lipinski definition) is 1. The van der Waals surface area contributed by atoms with Gasteiger partial charge in [0.05, 0.1) is 0 Å². The molecule has 0 saturated carbocycles. The topological polar surface area (TPSA) is 46.3 Å². The van der Waals surface area contributed by atoms with Crippen LogP contribution < -0.4 is 5.73 Å². The molecular formula is C11H24N2O. The van der Waals surface area contributed by atoms with Gasteiger partial charge in [-0.05, 0) is 12.3 Å². The van der Waals surface area contributed by atoms with Gasteiger partial charge in [-0.25, -0.2) is 0 Å². The molecule has 0 saturated heterocycles. The maximum absolute atomic E-state index is 11.8. The fourth-order valence-electron chi connectivity index (χ4n) is 1.36. The predicted octanol–water partition coefficient (Wildman–Crippen LogP) is 1.62. The van der Waals surface area contributed by atoms with Crippen LogP contribution >= 0.6 is 0 Å². The van der Waals surface area contributed by atoms with E-state index in [1.54, 1.807) is 0 Å². The largest absolute Gasteiger partial charge is 0.341 e. The molecule has 3 heteroatoms. The monoisotopic (exact) mass is 200 g/mol. The molecule has 1 unspecified atom stereocenters. The highest BCUT2D eigenvalue weighted by Crippen LogP contribution is 2.09. The zero-order valence-electron chi connectivity index (χ0n) is 9.75. The molecule has 2 N–H and O–H groups in total. The van der Waals surface area contributed by atoms with Crippen molar-refractivity contribution in [3.8, 4) is 0 Å². The molecular weight excluding hydrogens is 176 g/mol. The van der Waals surface area contributed by atoms with E-state index in [-0.39, 0.29) is 5.91 Å². The second kappa shape index (κ2) is 7.80. The molecule has 0 bridgehead atoms. The molecule has 0 spiro atoms. The molecule has 0 fully saturated rings. The Balaban J connectivity index is 4.00. The van der Waals surface area contributed by atoms with Crippen LogP contribution in [-0.4, -0.2) is 30.4 Å². The summed E-state index contributed by atoms with van der Waals surface area (Å²) in [5.74, 6) is 0.742. The molecule has 14 heavy (non-hydrogen) atoms. The van der Waals surface area contributed by atoms with Crippen LogP contribution in [0.25, 0.3) is 0 Å². The molecule has 0 aromatic rings. The summed E-state index contributed by atoms with van der Waals surface area (Å²) >= 11 is 0. The highest BCUT2D eigenvalue weighted by Gasteiger charge is 2.13. The number of hydrogen-bond acceptors (Lipinski definition) is 2. The molecule has 0 aliphatic heterocycles. The Morgan fingerprint density at radius 3 is 2.43 bits per heavy atom. The van der Waals surface area contributed by atoms with Crippen LogP contribution in [0.5, 0.6) is 0 Å². The Hall–Kier alpha value is -0.570. The fraction of sp³-hybridized carbons (Fsp3) is 0.909. The summed E-state index contributed by atoms with van der Waals surface area (Å²) < 4.78 is 0. The van der Waals surface area contributed by atoms with Crippen molar-refractivity contribution >= 4 is 5.91 Å². The van der Waals surface area contributed by atoms with Gasteiger partial charge in [-0.15, -0.1) is 0 Å². The van der Waals surface area contributed by atoms with Crippen molar-refractivity contribution in [2.45, 2.75) is 40.0 Å². The summed E-state index contributed by atoms with van der Waals surface area (Å²) in [5, 5.41) is 0. The molecule has 1 atom stereocenters. The fourth-order valence-corrected chi connectivity index (χ4v) is 1.36. The van der Waals surface area contributed by atoms with Crippen LogP contribution in [0, 0.1) is 5.92 Å². The van der Waals surface area contributed by atoms with Crippen molar-refractivity contribution in [2.75, 3.05) is 19.6 Å². The second-order valence-corrected chi connectivity index (χ2v) is 3.89. The average Bonchev–Trinajstić information content (AvgIpc) is 2.17. The summed E-state index contributed by atoms with van der Waals surface area (Å²) in [7, 11) is 0. The lowest BCUT2D eigenvalue weighted by atomic mass is 10.0. The Morgan fingerprint density at radius 2 is 2.00 bits per heavy atom. The van der Waals surface area contributed by atoms with Gasteiger partial charge in [0.1, 0.15) is 0 Å². The number of amides is 1. The van der Waals surface area contributed by atoms with E-state index < -0.39 is 0 Å². The minimum Gasteiger partial charge on any atom is -0.341 e. The van der Waals surface area contributed by atoms with Crippen molar-refractivity contribution in [3.05, 3.63) is 0 Å². The van der Waals surface area contributed by atoms with Gasteiger partial charge in [0.25, 0.3) is 0 Å². The molecule has 0 rings (SSSR count). The molecule has 0 aromatic heterocycles. The van der Waals surface area contributed by atoms with Crippen molar-refractivity contribution < 1.29 is 4.79 Å². The van der Waals surface area contributed by atoms with Gasteiger partial charge in [0, 0.05) is 26.1 Å². The van der Waals surface area contributed by atoms with Crippen LogP contribution in [0.1, 0.15) is 40.0 Å². The van der Waals surface area contributed by atoms with E-state index >= 15 is 0 Å². The van der Waals surface area contributed by atoms with Crippen molar-refractivity contribution in [3.63, 3.8) is 0 Å². The van der Waals surface area contributed by atoms with E-state index in [0.29, 0.717) is 25.4 Å². The van der Waals surface area contributed by atoms with Gasteiger partial charge in [0.2, 0.25) is 5.91 Å². The first kappa shape index (κ1) is 13.4. The SMILES string of the molecule is CCCN(CCN)C(=O)CC(C)CC. The van der Waals surface area contributed by atoms with E-state index in [0.717, 1.165) is 19.4 Å². The number of carbonyl (C=O) groups excluding carboxylic acids is 1. The van der Waals surface area contributed by atoms with Crippen molar-refractivity contribution in [1.29, 1.82) is 0 Å². The third-order valence-electron chi connectivity index (χ3n) is 2.47. The maximum atomic E-state index is 11.8. The van der Waals surface area contributed by atoms with Crippen LogP contribution in [0.3, 0.4) is 0 Å². The zero-order chi connectivity index (χ0) is 11.0. The van der Waals surface area contributed by atoms with E-state index in [1.807, 2.05) is 4.90 Å². The summed E-state index contributed by atoms with van der Waals surface area (Å²) in [6.45, 7) is 8.41. The molecule has 1 amide bonds. The van der Waals surface area contributed by atoms with Crippen LogP contribution in [0.4, 0.5) is 0 Å². The number of nitrogens with zero attached hydrogens (tertiary/aromatic N) is 1. The van der Waals surface area contributed by atoms with Gasteiger partial charge >= 0.3 is 0 Å². The van der Waals surface area contributed by atoms with Crippen molar-refractivity contribution in [2.24, 2.45) is 11.7 Å². The maximum Gasteiger partial charge on any atom is 0.222 e. The molecule has 0 aliphatic rings. The lowest BCUT2D eigenvalue weighted by molar-refractivity contribution is -0.132. The molecule has 3 nitrogen and oxygen atoms in total. The van der Waals surface area contributed by atoms with E-state index in [4.69, 9.17) is 5.73 Å². The van der Waals surface area contributed by atoms with Crippen molar-refractivity contribution in [1.82, 2.24) is 4.90 Å². The van der Waals surface area contributed by atoms with E-state index in [1.165, 1.54) is 0 Å². The molecule has 0 radical (unpaired) electrons. The third-order valence-corrected chi connectivity index (χ3v) is 2.47. The van der Waals surface area contributed by atoms with Crippen LogP contribution in [-0.2, 0) is 4.79 Å². The molecule has 0 heterocycles. The highest BCUT2D eigenvalue weighted by atomic mass is 16.2. The smallest absolute Gasteiger partial charge is 0.222 e. The normalized spacial score (nSPS) is 12.6. The van der Waals surface area contributed by atoms with E-state index in [2.05, 4.69) is 20.8 Å². The lowest BCUT2D eigenvalue weighted by Gasteiger charge is -2.22. The highest BCUT2D eigenvalue weighted by molar-refractivity contribution is 5.76. The minimum atomic E-state index is 0.256. The second-order valence-electron chi connectivity index (χ2n) is 3.89. The first-order chi connectivity index (χ1) is 6.65. The summed E-state index contributed by atoms with van der Waals surface area (Å²) in [5.41, 5.74) is 5.47. The quantitative estimate of drug-likeness (QED) is 0.679. The zero-order valence-corrected chi connectivity index (χ0v) is 9.75. The Morgan fingerprint density at radius 1 is 1.36 bits per heavy atom. The van der Waals surface area contributed by atoms with Gasteiger partial charge < -0.3 is 10.6 Å². The van der Waals surface area contributed by atoms with Gasteiger partial charge in [-0.1, -0.05) is 27.2 Å². The average molecular weight is 200 g/mol. The number of nitrogens with two attached hydrogens (primary N) is 1. The standard InChI is InChI=1S/C11H24N2O/c1-4-7-13(8-6-12)11(14)9-10(3)5-2/h10H,4-9,12H2,1-3H3. The van der Waals surface area contributed by atoms with Gasteiger partial charge in [-0.2, -0.15) is 0 Å². The molecule has 0 aliphatic carbocycles. The third kappa shape index (κ3) is 5.22. The summed E-state index contributed by atoms with van der Waals surface area (Å²) in [6, 6.07) is 0. The van der Waals surface area contributed by atoms with Gasteiger partial charge in [0.15, 0.2) is 0 Å². The van der Waals surface area contributed by atoms with E-state index in [9.17, 15) is 4.79 Å². The molecule has 0 aromatic carbocycles. The first-order valence-electron chi connectivity index (χ1n) is 5.63. The minimum absolute atomic E-state index is 0.256. The molecule has 84 valence electrons.